The van der Waals surface area contributed by atoms with Crippen LogP contribution in [0.4, 0.5) is 0 Å². The Bertz CT molecular complexity index is 1210. The fraction of sp³-hybridized carbons (Fsp3) is 0.977. The van der Waals surface area contributed by atoms with Crippen molar-refractivity contribution in [3.05, 3.63) is 0 Å². The Kier molecular flexibility index (Phi) is 12.5. The molecular weight excluding hydrogens is 670 g/mol. The van der Waals surface area contributed by atoms with E-state index in [0.29, 0.717) is 42.8 Å². The normalized spacial score (nSPS) is 48.7. The van der Waals surface area contributed by atoms with E-state index < -0.39 is 6.10 Å². The molecular formula is C43H75N3O7+2. The molecule has 302 valence electrons. The van der Waals surface area contributed by atoms with Gasteiger partial charge < -0.3 is 39.8 Å². The zero-order chi connectivity index (χ0) is 36.7. The fourth-order valence-corrected chi connectivity index (χ4v) is 14.6. The number of hydrogen-bond acceptors (Lipinski definition) is 8. The van der Waals surface area contributed by atoms with Gasteiger partial charge in [0, 0.05) is 32.3 Å². The molecule has 10 heteroatoms. The van der Waals surface area contributed by atoms with Crippen molar-refractivity contribution in [1.29, 1.82) is 0 Å². The predicted octanol–water partition coefficient (Wildman–Crippen LogP) is 2.87. The number of fused-ring (bicyclic) bond motifs is 6. The first-order chi connectivity index (χ1) is 25.7. The van der Waals surface area contributed by atoms with Gasteiger partial charge in [-0.1, -0.05) is 0 Å². The molecule has 8 aliphatic rings. The third-order valence-corrected chi connectivity index (χ3v) is 16.8. The Balaban J connectivity index is 1.03. The van der Waals surface area contributed by atoms with Crippen molar-refractivity contribution in [2.45, 2.75) is 171 Å². The summed E-state index contributed by atoms with van der Waals surface area (Å²) < 4.78 is 26.2. The molecule has 6 saturated carbocycles. The zero-order valence-corrected chi connectivity index (χ0v) is 33.0. The topological polar surface area (TPSA) is 154 Å². The van der Waals surface area contributed by atoms with E-state index in [1.165, 1.54) is 77.6 Å². The smallest absolute Gasteiger partial charge is 0.302 e. The highest BCUT2D eigenvalue weighted by atomic mass is 16.5. The molecule has 8 rings (SSSR count). The SMILES string of the molecule is COC1CC(O)CC2C[C@@]3(CC[C@@H](CC4CCC(N)[NH2+]C4)C3)C3C(CCC4C3O[C@H](C3CCC(O)C(OCC[NH2+]C5CCCC5)C3)[C@@H]4COC(C)=O)C21. The summed E-state index contributed by atoms with van der Waals surface area (Å²) in [6, 6.07) is 0.736. The molecule has 0 aromatic heterocycles. The second-order valence-corrected chi connectivity index (χ2v) is 19.8. The van der Waals surface area contributed by atoms with E-state index >= 15 is 0 Å². The first-order valence-electron chi connectivity index (χ1n) is 22.4. The predicted molar refractivity (Wildman–Crippen MR) is 200 cm³/mol. The molecule has 10 nitrogen and oxygen atoms in total. The van der Waals surface area contributed by atoms with Crippen molar-refractivity contribution in [3.8, 4) is 0 Å². The summed E-state index contributed by atoms with van der Waals surface area (Å²) in [7, 11) is 1.86. The molecule has 1 spiro atoms. The highest BCUT2D eigenvalue weighted by Gasteiger charge is 2.65. The quantitative estimate of drug-likeness (QED) is 0.160. The van der Waals surface area contributed by atoms with Crippen LogP contribution in [0.2, 0.25) is 0 Å². The van der Waals surface area contributed by atoms with E-state index in [-0.39, 0.29) is 59.9 Å². The minimum Gasteiger partial charge on any atom is -0.465 e. The molecule has 8 N–H and O–H groups in total. The summed E-state index contributed by atoms with van der Waals surface area (Å²) in [6.07, 6.45) is 20.1. The standard InChI is InChI=1S/C43H73N3O7/c1-25(47)52-24-34-32-9-10-33-39-29(18-31(48)20-37(39)50-2)22-43(14-13-26(21-43)17-27-7-12-38(44)46-23-27)40(33)42(32)53-41(34)28-8-11-35(49)36(19-28)51-16-15-45-30-5-3-4-6-30/h26-42,45-46,48-49H,3-24,44H2,1-2H3/p+2/t26-,27?,28?,29?,31?,32?,33?,34+,35?,36?,37?,38?,39?,40?,41+,42?,43-/m0/s1. The van der Waals surface area contributed by atoms with Crippen LogP contribution in [0, 0.1) is 58.7 Å². The molecule has 2 aliphatic heterocycles. The number of nitrogens with two attached hydrogens (primary N) is 3. The third-order valence-electron chi connectivity index (χ3n) is 16.8. The van der Waals surface area contributed by atoms with Crippen LogP contribution in [-0.2, 0) is 23.7 Å². The minimum absolute atomic E-state index is 0.00658. The summed E-state index contributed by atoms with van der Waals surface area (Å²) in [4.78, 5) is 12.3. The van der Waals surface area contributed by atoms with E-state index in [0.717, 1.165) is 75.9 Å². The second kappa shape index (κ2) is 16.9. The molecule has 0 aromatic carbocycles. The highest BCUT2D eigenvalue weighted by molar-refractivity contribution is 5.65. The maximum absolute atomic E-state index is 12.3. The van der Waals surface area contributed by atoms with Gasteiger partial charge in [-0.15, -0.1) is 0 Å². The Morgan fingerprint density at radius 3 is 2.51 bits per heavy atom. The molecule has 2 saturated heterocycles. The van der Waals surface area contributed by atoms with Crippen molar-refractivity contribution < 1.29 is 44.6 Å². The van der Waals surface area contributed by atoms with E-state index in [9.17, 15) is 15.0 Å². The number of piperidine rings is 1. The number of carbonyl (C=O) groups excluding carboxylic acids is 1. The molecule has 2 heterocycles. The Morgan fingerprint density at radius 2 is 1.74 bits per heavy atom. The number of methoxy groups -OCH3 is 1. The van der Waals surface area contributed by atoms with Crippen molar-refractivity contribution in [1.82, 2.24) is 0 Å². The van der Waals surface area contributed by atoms with E-state index in [2.05, 4.69) is 10.6 Å². The Hall–Kier alpha value is -0.850. The van der Waals surface area contributed by atoms with E-state index in [4.69, 9.17) is 24.7 Å². The molecule has 17 atom stereocenters. The average molecular weight is 746 g/mol. The Morgan fingerprint density at radius 1 is 0.906 bits per heavy atom. The van der Waals surface area contributed by atoms with Gasteiger partial charge in [-0.2, -0.15) is 0 Å². The molecule has 53 heavy (non-hydrogen) atoms. The maximum atomic E-state index is 12.3. The van der Waals surface area contributed by atoms with E-state index in [1.54, 1.807) is 0 Å². The number of quaternary nitrogens is 2. The number of rotatable bonds is 11. The van der Waals surface area contributed by atoms with Crippen LogP contribution in [0.5, 0.6) is 0 Å². The molecule has 13 unspecified atom stereocenters. The van der Waals surface area contributed by atoms with Gasteiger partial charge in [-0.25, -0.2) is 0 Å². The molecule has 8 fully saturated rings. The van der Waals surface area contributed by atoms with Crippen LogP contribution >= 0.6 is 0 Å². The van der Waals surface area contributed by atoms with Gasteiger partial charge in [0.2, 0.25) is 0 Å². The molecule has 0 aromatic rings. The summed E-state index contributed by atoms with van der Waals surface area (Å²) >= 11 is 0. The summed E-state index contributed by atoms with van der Waals surface area (Å²) in [5, 5.41) is 27.1. The van der Waals surface area contributed by atoms with Crippen LogP contribution in [0.15, 0.2) is 0 Å². The lowest BCUT2D eigenvalue weighted by molar-refractivity contribution is -0.703. The molecule has 0 amide bonds. The number of ether oxygens (including phenoxy) is 4. The van der Waals surface area contributed by atoms with Gasteiger partial charge in [0.25, 0.3) is 0 Å². The number of carbonyl (C=O) groups is 1. The number of aliphatic hydroxyl groups is 2. The van der Waals surface area contributed by atoms with Crippen LogP contribution in [-0.4, -0.2) is 98.4 Å². The number of hydrogen-bond donors (Lipinski definition) is 5. The summed E-state index contributed by atoms with van der Waals surface area (Å²) in [6.45, 7) is 4.76. The van der Waals surface area contributed by atoms with Gasteiger partial charge in [0.15, 0.2) is 0 Å². The van der Waals surface area contributed by atoms with Gasteiger partial charge in [0.1, 0.15) is 6.17 Å². The monoisotopic (exact) mass is 746 g/mol. The van der Waals surface area contributed by atoms with E-state index in [1.807, 2.05) is 7.11 Å². The average Bonchev–Trinajstić information content (AvgIpc) is 3.90. The van der Waals surface area contributed by atoms with Crippen LogP contribution in [0.1, 0.15) is 122 Å². The maximum Gasteiger partial charge on any atom is 0.302 e. The first-order valence-corrected chi connectivity index (χ1v) is 22.4. The minimum atomic E-state index is -0.434. The first kappa shape index (κ1) is 39.0. The van der Waals surface area contributed by atoms with Gasteiger partial charge in [-0.3, -0.25) is 10.5 Å². The van der Waals surface area contributed by atoms with Crippen molar-refractivity contribution >= 4 is 5.97 Å². The number of aliphatic hydroxyl groups excluding tert-OH is 2. The third kappa shape index (κ3) is 8.28. The van der Waals surface area contributed by atoms with Crippen molar-refractivity contribution in [2.75, 3.05) is 33.4 Å². The lowest BCUT2D eigenvalue weighted by atomic mass is 9.45. The Labute approximate surface area is 319 Å². The second-order valence-electron chi connectivity index (χ2n) is 19.8. The summed E-state index contributed by atoms with van der Waals surface area (Å²) in [5.74, 6) is 4.06. The zero-order valence-electron chi connectivity index (χ0n) is 33.0. The van der Waals surface area contributed by atoms with Crippen molar-refractivity contribution in [2.24, 2.45) is 64.4 Å². The molecule has 6 aliphatic carbocycles. The lowest BCUT2D eigenvalue weighted by Gasteiger charge is -2.61. The van der Waals surface area contributed by atoms with Crippen LogP contribution < -0.4 is 16.4 Å². The fourth-order valence-electron chi connectivity index (χ4n) is 14.6. The van der Waals surface area contributed by atoms with Crippen LogP contribution in [0.3, 0.4) is 0 Å². The van der Waals surface area contributed by atoms with Crippen molar-refractivity contribution in [3.63, 3.8) is 0 Å². The van der Waals surface area contributed by atoms with Gasteiger partial charge in [-0.05, 0) is 156 Å². The lowest BCUT2D eigenvalue weighted by Crippen LogP contribution is -2.95. The van der Waals surface area contributed by atoms with Crippen LogP contribution in [0.25, 0.3) is 0 Å². The van der Waals surface area contributed by atoms with Gasteiger partial charge in [0.05, 0.1) is 69.0 Å². The molecule has 0 radical (unpaired) electrons. The highest BCUT2D eigenvalue weighted by Crippen LogP contribution is 2.68. The summed E-state index contributed by atoms with van der Waals surface area (Å²) in [5.41, 5.74) is 6.48. The van der Waals surface area contributed by atoms with Gasteiger partial charge >= 0.3 is 5.97 Å². The number of esters is 1. The largest absolute Gasteiger partial charge is 0.465 e. The molecule has 0 bridgehead atoms.